The van der Waals surface area contributed by atoms with Crippen LogP contribution in [0.15, 0.2) is 48.5 Å². The first kappa shape index (κ1) is 20.0. The third-order valence-electron chi connectivity index (χ3n) is 5.22. The number of rotatable bonds is 8. The molecule has 0 aliphatic carbocycles. The Morgan fingerprint density at radius 1 is 1.07 bits per heavy atom. The summed E-state index contributed by atoms with van der Waals surface area (Å²) >= 11 is 0. The van der Waals surface area contributed by atoms with Gasteiger partial charge in [0.25, 0.3) is 0 Å². The van der Waals surface area contributed by atoms with Crippen LogP contribution in [-0.4, -0.2) is 38.7 Å². The molecule has 27 heavy (non-hydrogen) atoms. The summed E-state index contributed by atoms with van der Waals surface area (Å²) in [6.45, 7) is 4.36. The second kappa shape index (κ2) is 8.95. The van der Waals surface area contributed by atoms with E-state index in [-0.39, 0.29) is 24.0 Å². The van der Waals surface area contributed by atoms with Crippen molar-refractivity contribution < 1.29 is 12.8 Å². The molecule has 1 aliphatic heterocycles. The molecule has 1 saturated heterocycles. The molecule has 1 aliphatic rings. The summed E-state index contributed by atoms with van der Waals surface area (Å²) in [5.74, 6) is -0.475. The monoisotopic (exact) mass is 390 g/mol. The van der Waals surface area contributed by atoms with Crippen molar-refractivity contribution in [1.29, 1.82) is 0 Å². The van der Waals surface area contributed by atoms with Crippen LogP contribution in [0.5, 0.6) is 0 Å². The van der Waals surface area contributed by atoms with Gasteiger partial charge in [-0.1, -0.05) is 42.5 Å². The molecular formula is C21H27FN2O2S. The van der Waals surface area contributed by atoms with Crippen molar-refractivity contribution in [3.8, 4) is 0 Å². The summed E-state index contributed by atoms with van der Waals surface area (Å²) in [5, 5.41) is 0. The molecule has 2 aromatic rings. The summed E-state index contributed by atoms with van der Waals surface area (Å²) < 4.78 is 41.5. The van der Waals surface area contributed by atoms with E-state index < -0.39 is 10.0 Å². The van der Waals surface area contributed by atoms with Crippen LogP contribution in [0, 0.1) is 12.7 Å². The highest BCUT2D eigenvalue weighted by Gasteiger charge is 2.26. The summed E-state index contributed by atoms with van der Waals surface area (Å²) in [7, 11) is -3.49. The third kappa shape index (κ3) is 5.37. The predicted octanol–water partition coefficient (Wildman–Crippen LogP) is 3.43. The highest BCUT2D eigenvalue weighted by Crippen LogP contribution is 2.27. The Morgan fingerprint density at radius 2 is 1.74 bits per heavy atom. The summed E-state index contributed by atoms with van der Waals surface area (Å²) in [4.78, 5) is 2.35. The van der Waals surface area contributed by atoms with Gasteiger partial charge >= 0.3 is 0 Å². The summed E-state index contributed by atoms with van der Waals surface area (Å²) in [6.07, 6.45) is 2.45. The Balaban J connectivity index is 1.67. The SMILES string of the molecule is Cc1ccccc1C(CNS(=O)(=O)CCc1ccccc1F)N1CCCC1. The zero-order valence-corrected chi connectivity index (χ0v) is 16.5. The van der Waals surface area contributed by atoms with Gasteiger partial charge in [-0.3, -0.25) is 4.90 Å². The van der Waals surface area contributed by atoms with E-state index in [9.17, 15) is 12.8 Å². The van der Waals surface area contributed by atoms with E-state index in [2.05, 4.69) is 28.7 Å². The smallest absolute Gasteiger partial charge is 0.211 e. The molecule has 1 unspecified atom stereocenters. The average molecular weight is 391 g/mol. The molecule has 6 heteroatoms. The number of aryl methyl sites for hydroxylation is 2. The zero-order chi connectivity index (χ0) is 19.3. The Bertz CT molecular complexity index is 864. The number of nitrogens with zero attached hydrogens (tertiary/aromatic N) is 1. The van der Waals surface area contributed by atoms with Crippen molar-refractivity contribution in [2.45, 2.75) is 32.2 Å². The molecule has 0 amide bonds. The van der Waals surface area contributed by atoms with Crippen LogP contribution in [0.25, 0.3) is 0 Å². The molecule has 146 valence electrons. The standard InChI is InChI=1S/C21H27FN2O2S/c1-17-8-2-4-10-19(17)21(24-13-6-7-14-24)16-23-27(25,26)15-12-18-9-3-5-11-20(18)22/h2-5,8-11,21,23H,6-7,12-16H2,1H3. The van der Waals surface area contributed by atoms with Crippen LogP contribution in [0.1, 0.15) is 35.6 Å². The number of likely N-dealkylation sites (tertiary alicyclic amines) is 1. The van der Waals surface area contributed by atoms with Crippen LogP contribution in [0.3, 0.4) is 0 Å². The van der Waals surface area contributed by atoms with Crippen molar-refractivity contribution >= 4 is 10.0 Å². The largest absolute Gasteiger partial charge is 0.295 e. The second-order valence-corrected chi connectivity index (χ2v) is 9.05. The van der Waals surface area contributed by atoms with Gasteiger partial charge in [0.05, 0.1) is 5.75 Å². The Labute approximate surface area is 161 Å². The van der Waals surface area contributed by atoms with Gasteiger partial charge in [-0.05, 0) is 62.0 Å². The van der Waals surface area contributed by atoms with Gasteiger partial charge in [0.15, 0.2) is 0 Å². The van der Waals surface area contributed by atoms with E-state index in [1.807, 2.05) is 12.1 Å². The molecule has 0 bridgehead atoms. The molecule has 3 rings (SSSR count). The maximum Gasteiger partial charge on any atom is 0.211 e. The minimum absolute atomic E-state index is 0.0249. The van der Waals surface area contributed by atoms with Crippen LogP contribution in [0.4, 0.5) is 4.39 Å². The first-order valence-electron chi connectivity index (χ1n) is 9.46. The van der Waals surface area contributed by atoms with Crippen molar-refractivity contribution in [3.05, 3.63) is 71.0 Å². The predicted molar refractivity (Wildman–Crippen MR) is 107 cm³/mol. The molecule has 1 fully saturated rings. The lowest BCUT2D eigenvalue weighted by Gasteiger charge is -2.29. The number of halogens is 1. The lowest BCUT2D eigenvalue weighted by atomic mass is 10.0. The number of benzene rings is 2. The van der Waals surface area contributed by atoms with E-state index >= 15 is 0 Å². The first-order valence-corrected chi connectivity index (χ1v) is 11.1. The average Bonchev–Trinajstić information content (AvgIpc) is 3.17. The van der Waals surface area contributed by atoms with Crippen molar-refractivity contribution in [2.24, 2.45) is 0 Å². The van der Waals surface area contributed by atoms with Crippen LogP contribution in [-0.2, 0) is 16.4 Å². The fourth-order valence-corrected chi connectivity index (χ4v) is 4.72. The fourth-order valence-electron chi connectivity index (χ4n) is 3.67. The quantitative estimate of drug-likeness (QED) is 0.751. The molecule has 0 radical (unpaired) electrons. The Morgan fingerprint density at radius 3 is 2.44 bits per heavy atom. The number of hydrogen-bond acceptors (Lipinski definition) is 3. The second-order valence-electron chi connectivity index (χ2n) is 7.12. The van der Waals surface area contributed by atoms with E-state index in [0.717, 1.165) is 31.5 Å². The Kier molecular flexibility index (Phi) is 6.63. The third-order valence-corrected chi connectivity index (χ3v) is 6.57. The minimum atomic E-state index is -3.49. The normalized spacial score (nSPS) is 16.5. The van der Waals surface area contributed by atoms with Crippen molar-refractivity contribution in [3.63, 3.8) is 0 Å². The fraction of sp³-hybridized carbons (Fsp3) is 0.429. The molecule has 2 aromatic carbocycles. The molecule has 0 saturated carbocycles. The first-order chi connectivity index (χ1) is 13.0. The number of nitrogens with one attached hydrogen (secondary N) is 1. The van der Waals surface area contributed by atoms with Gasteiger partial charge in [-0.2, -0.15) is 0 Å². The number of sulfonamides is 1. The van der Waals surface area contributed by atoms with Gasteiger partial charge in [0.1, 0.15) is 5.82 Å². The van der Waals surface area contributed by atoms with Gasteiger partial charge in [-0.25, -0.2) is 17.5 Å². The summed E-state index contributed by atoms with van der Waals surface area (Å²) in [6, 6.07) is 14.5. The minimum Gasteiger partial charge on any atom is -0.295 e. The lowest BCUT2D eigenvalue weighted by Crippen LogP contribution is -2.38. The molecule has 0 spiro atoms. The molecule has 4 nitrogen and oxygen atoms in total. The zero-order valence-electron chi connectivity index (χ0n) is 15.7. The van der Waals surface area contributed by atoms with Gasteiger partial charge in [-0.15, -0.1) is 0 Å². The molecule has 0 aromatic heterocycles. The van der Waals surface area contributed by atoms with E-state index in [1.165, 1.54) is 11.6 Å². The maximum absolute atomic E-state index is 13.7. The van der Waals surface area contributed by atoms with E-state index in [1.54, 1.807) is 18.2 Å². The molecule has 1 atom stereocenters. The highest BCUT2D eigenvalue weighted by atomic mass is 32.2. The maximum atomic E-state index is 13.7. The van der Waals surface area contributed by atoms with Crippen LogP contribution >= 0.6 is 0 Å². The number of hydrogen-bond donors (Lipinski definition) is 1. The van der Waals surface area contributed by atoms with Crippen LogP contribution in [0.2, 0.25) is 0 Å². The van der Waals surface area contributed by atoms with Gasteiger partial charge in [0, 0.05) is 12.6 Å². The summed E-state index contributed by atoms with van der Waals surface area (Å²) in [5.41, 5.74) is 2.76. The van der Waals surface area contributed by atoms with Crippen molar-refractivity contribution in [1.82, 2.24) is 9.62 Å². The molecular weight excluding hydrogens is 363 g/mol. The molecule has 1 N–H and O–H groups in total. The lowest BCUT2D eigenvalue weighted by molar-refractivity contribution is 0.246. The topological polar surface area (TPSA) is 49.4 Å². The Hall–Kier alpha value is -1.76. The van der Waals surface area contributed by atoms with E-state index in [0.29, 0.717) is 12.1 Å². The van der Waals surface area contributed by atoms with Crippen molar-refractivity contribution in [2.75, 3.05) is 25.4 Å². The van der Waals surface area contributed by atoms with Gasteiger partial charge in [0.2, 0.25) is 10.0 Å². The van der Waals surface area contributed by atoms with Crippen LogP contribution < -0.4 is 4.72 Å². The highest BCUT2D eigenvalue weighted by molar-refractivity contribution is 7.89. The van der Waals surface area contributed by atoms with Gasteiger partial charge < -0.3 is 0 Å². The van der Waals surface area contributed by atoms with E-state index in [4.69, 9.17) is 0 Å². The molecule has 1 heterocycles.